The minimum Gasteiger partial charge on any atom is -0.298 e. The number of carbonyl (C=O) groups is 3. The molecule has 0 bridgehead atoms. The van der Waals surface area contributed by atoms with Gasteiger partial charge in [-0.25, -0.2) is 0 Å². The highest BCUT2D eigenvalue weighted by Crippen LogP contribution is 2.53. The number of carbonyl (C=O) groups excluding carboxylic acids is 3. The van der Waals surface area contributed by atoms with E-state index in [0.717, 1.165) is 12.7 Å². The molecule has 4 heteroatoms. The van der Waals surface area contributed by atoms with Crippen LogP contribution in [0.15, 0.2) is 36.4 Å². The van der Waals surface area contributed by atoms with Crippen molar-refractivity contribution in [3.8, 4) is 0 Å². The van der Waals surface area contributed by atoms with Crippen LogP contribution in [0.1, 0.15) is 30.1 Å². The third kappa shape index (κ3) is 2.16. The van der Waals surface area contributed by atoms with Crippen LogP contribution in [0, 0.1) is 29.6 Å². The topological polar surface area (TPSA) is 54.5 Å². The van der Waals surface area contributed by atoms with Gasteiger partial charge in [-0.05, 0) is 54.9 Å². The van der Waals surface area contributed by atoms with E-state index in [2.05, 4.69) is 19.1 Å². The van der Waals surface area contributed by atoms with Gasteiger partial charge < -0.3 is 0 Å². The highest BCUT2D eigenvalue weighted by Gasteiger charge is 2.55. The minimum absolute atomic E-state index is 0.0766. The summed E-state index contributed by atoms with van der Waals surface area (Å²) in [5, 5.41) is 0. The molecule has 1 saturated heterocycles. The molecule has 2 fully saturated rings. The first-order chi connectivity index (χ1) is 11.1. The predicted molar refractivity (Wildman–Crippen MR) is 85.8 cm³/mol. The summed E-state index contributed by atoms with van der Waals surface area (Å²) in [6, 6.07) is 6.64. The zero-order valence-corrected chi connectivity index (χ0v) is 13.0. The van der Waals surface area contributed by atoms with Crippen LogP contribution >= 0.6 is 0 Å². The van der Waals surface area contributed by atoms with E-state index in [9.17, 15) is 14.4 Å². The number of hydrogen-bond donors (Lipinski definition) is 0. The summed E-state index contributed by atoms with van der Waals surface area (Å²) >= 11 is 0. The number of hydrogen-bond acceptors (Lipinski definition) is 3. The molecule has 1 saturated carbocycles. The monoisotopic (exact) mass is 309 g/mol. The Labute approximate surface area is 135 Å². The lowest BCUT2D eigenvalue weighted by Crippen LogP contribution is -2.32. The average molecular weight is 309 g/mol. The smallest absolute Gasteiger partial charge is 0.238 e. The molecule has 4 unspecified atom stereocenters. The molecule has 1 heterocycles. The van der Waals surface area contributed by atoms with Crippen molar-refractivity contribution in [3.63, 3.8) is 0 Å². The Morgan fingerprint density at radius 2 is 1.83 bits per heavy atom. The summed E-state index contributed by atoms with van der Waals surface area (Å²) in [5.74, 6) is 0.762. The maximum atomic E-state index is 13.0. The van der Waals surface area contributed by atoms with Gasteiger partial charge in [-0.1, -0.05) is 19.1 Å². The molecule has 118 valence electrons. The fourth-order valence-electron chi connectivity index (χ4n) is 4.18. The number of imide groups is 1. The second-order valence-electron chi connectivity index (χ2n) is 6.97. The summed E-state index contributed by atoms with van der Waals surface area (Å²) in [6.45, 7) is 2.21. The van der Waals surface area contributed by atoms with E-state index in [1.54, 1.807) is 24.3 Å². The zero-order chi connectivity index (χ0) is 16.1. The van der Waals surface area contributed by atoms with Crippen LogP contribution in [0.4, 0.5) is 5.69 Å². The first-order valence-corrected chi connectivity index (χ1v) is 8.21. The normalized spacial score (nSPS) is 35.3. The van der Waals surface area contributed by atoms with E-state index in [-0.39, 0.29) is 29.6 Å². The molecule has 4 nitrogen and oxygen atoms in total. The number of anilines is 1. The third-order valence-corrected chi connectivity index (χ3v) is 5.59. The molecule has 3 aliphatic rings. The van der Waals surface area contributed by atoms with E-state index in [0.29, 0.717) is 29.5 Å². The van der Waals surface area contributed by atoms with Crippen LogP contribution in [0.3, 0.4) is 0 Å². The third-order valence-electron chi connectivity index (χ3n) is 5.59. The van der Waals surface area contributed by atoms with Gasteiger partial charge in [0.15, 0.2) is 0 Å². The molecule has 4 rings (SSSR count). The Morgan fingerprint density at radius 3 is 2.43 bits per heavy atom. The van der Waals surface area contributed by atoms with Crippen LogP contribution in [-0.4, -0.2) is 18.1 Å². The van der Waals surface area contributed by atoms with Crippen molar-refractivity contribution in [3.05, 3.63) is 42.0 Å². The summed E-state index contributed by atoms with van der Waals surface area (Å²) in [6.07, 6.45) is 6.77. The van der Waals surface area contributed by atoms with Crippen molar-refractivity contribution in [2.75, 3.05) is 4.90 Å². The quantitative estimate of drug-likeness (QED) is 0.490. The molecule has 1 aliphatic heterocycles. The van der Waals surface area contributed by atoms with E-state index in [4.69, 9.17) is 0 Å². The number of benzene rings is 1. The van der Waals surface area contributed by atoms with Gasteiger partial charge in [0.1, 0.15) is 6.29 Å². The predicted octanol–water partition coefficient (Wildman–Crippen LogP) is 2.84. The summed E-state index contributed by atoms with van der Waals surface area (Å²) < 4.78 is 0. The molecule has 23 heavy (non-hydrogen) atoms. The second kappa shape index (κ2) is 5.15. The summed E-state index contributed by atoms with van der Waals surface area (Å²) in [5.41, 5.74) is 1.11. The van der Waals surface area contributed by atoms with E-state index in [1.165, 1.54) is 4.90 Å². The van der Waals surface area contributed by atoms with Gasteiger partial charge in [-0.3, -0.25) is 19.3 Å². The number of rotatable bonds is 3. The Hall–Kier alpha value is -2.23. The van der Waals surface area contributed by atoms with Crippen molar-refractivity contribution in [1.82, 2.24) is 0 Å². The lowest BCUT2D eigenvalue weighted by Gasteiger charge is -2.26. The Kier molecular flexibility index (Phi) is 3.22. The fraction of sp³-hybridized carbons (Fsp3) is 0.421. The van der Waals surface area contributed by atoms with Crippen molar-refractivity contribution in [2.24, 2.45) is 29.6 Å². The molecule has 0 radical (unpaired) electrons. The average Bonchev–Trinajstić information content (AvgIpc) is 3.25. The van der Waals surface area contributed by atoms with E-state index in [1.807, 2.05) is 0 Å². The molecule has 0 spiro atoms. The fourth-order valence-corrected chi connectivity index (χ4v) is 4.18. The maximum absolute atomic E-state index is 13.0. The van der Waals surface area contributed by atoms with Crippen molar-refractivity contribution < 1.29 is 14.4 Å². The summed E-state index contributed by atoms with van der Waals surface area (Å²) in [4.78, 5) is 37.8. The van der Waals surface area contributed by atoms with E-state index < -0.39 is 0 Å². The zero-order valence-electron chi connectivity index (χ0n) is 13.0. The van der Waals surface area contributed by atoms with Crippen LogP contribution in [0.5, 0.6) is 0 Å². The van der Waals surface area contributed by atoms with Crippen molar-refractivity contribution in [1.29, 1.82) is 0 Å². The number of aldehydes is 1. The van der Waals surface area contributed by atoms with Gasteiger partial charge in [-0.2, -0.15) is 0 Å². The highest BCUT2D eigenvalue weighted by molar-refractivity contribution is 6.22. The van der Waals surface area contributed by atoms with Gasteiger partial charge in [0, 0.05) is 5.56 Å². The lowest BCUT2D eigenvalue weighted by atomic mass is 9.75. The standard InChI is InChI=1S/C19H19NO3/c1-11-9-16(11)14-3-2-4-15-17(14)19(23)20(18(15)22)13-7-5-12(10-21)6-8-13/h2-3,5-8,10-11,14-17H,4,9H2,1H3/t11?,14-,15?,16?,17?/m1/s1. The molecule has 1 aromatic carbocycles. The van der Waals surface area contributed by atoms with Crippen LogP contribution in [-0.2, 0) is 9.59 Å². The van der Waals surface area contributed by atoms with E-state index >= 15 is 0 Å². The number of amides is 2. The summed E-state index contributed by atoms with van der Waals surface area (Å²) in [7, 11) is 0. The van der Waals surface area contributed by atoms with Gasteiger partial charge in [0.25, 0.3) is 0 Å². The first-order valence-electron chi connectivity index (χ1n) is 8.21. The number of fused-ring (bicyclic) bond motifs is 1. The first kappa shape index (κ1) is 14.4. The lowest BCUT2D eigenvalue weighted by molar-refractivity contribution is -0.122. The van der Waals surface area contributed by atoms with Gasteiger partial charge in [-0.15, -0.1) is 0 Å². The number of allylic oxidation sites excluding steroid dienone is 2. The van der Waals surface area contributed by atoms with Crippen molar-refractivity contribution >= 4 is 23.8 Å². The highest BCUT2D eigenvalue weighted by atomic mass is 16.2. The molecule has 2 amide bonds. The molecule has 0 aromatic heterocycles. The Morgan fingerprint density at radius 1 is 1.13 bits per heavy atom. The van der Waals surface area contributed by atoms with Gasteiger partial charge in [0.05, 0.1) is 17.5 Å². The number of nitrogens with zero attached hydrogens (tertiary/aromatic N) is 1. The van der Waals surface area contributed by atoms with Crippen LogP contribution in [0.2, 0.25) is 0 Å². The maximum Gasteiger partial charge on any atom is 0.238 e. The Balaban J connectivity index is 1.66. The van der Waals surface area contributed by atoms with Crippen molar-refractivity contribution in [2.45, 2.75) is 19.8 Å². The minimum atomic E-state index is -0.226. The molecule has 2 aliphatic carbocycles. The molecule has 5 atom stereocenters. The van der Waals surface area contributed by atoms with Crippen LogP contribution in [0.25, 0.3) is 0 Å². The largest absolute Gasteiger partial charge is 0.298 e. The molecular formula is C19H19NO3. The molecule has 1 aromatic rings. The molecule has 0 N–H and O–H groups in total. The Bertz CT molecular complexity index is 706. The van der Waals surface area contributed by atoms with Gasteiger partial charge >= 0.3 is 0 Å². The van der Waals surface area contributed by atoms with Gasteiger partial charge in [0.2, 0.25) is 11.8 Å². The molecular weight excluding hydrogens is 290 g/mol. The van der Waals surface area contributed by atoms with Crippen LogP contribution < -0.4 is 4.90 Å². The second-order valence-corrected chi connectivity index (χ2v) is 6.97. The SMILES string of the molecule is CC1CC1[C@H]1C=CCC2C(=O)N(c3ccc(C=O)cc3)C(=O)C21.